The second-order valence-electron chi connectivity index (χ2n) is 7.29. The predicted octanol–water partition coefficient (Wildman–Crippen LogP) is 2.79. The van der Waals surface area contributed by atoms with Crippen LogP contribution in [0.15, 0.2) is 0 Å². The van der Waals surface area contributed by atoms with Gasteiger partial charge in [0.1, 0.15) is 0 Å². The highest BCUT2D eigenvalue weighted by atomic mass is 16.2. The van der Waals surface area contributed by atoms with Crippen molar-refractivity contribution in [2.45, 2.75) is 59.8 Å². The van der Waals surface area contributed by atoms with Gasteiger partial charge in [-0.25, -0.2) is 0 Å². The van der Waals surface area contributed by atoms with Crippen LogP contribution in [0.4, 0.5) is 0 Å². The van der Waals surface area contributed by atoms with Crippen LogP contribution in [0.2, 0.25) is 0 Å². The molecule has 1 fully saturated rings. The summed E-state index contributed by atoms with van der Waals surface area (Å²) in [5.74, 6) is 0.327. The molecule has 1 aliphatic rings. The number of piperidine rings is 1. The minimum absolute atomic E-state index is 0.190. The van der Waals surface area contributed by atoms with E-state index in [-0.39, 0.29) is 5.41 Å². The van der Waals surface area contributed by atoms with Crippen molar-refractivity contribution in [1.29, 1.82) is 0 Å². The third-order valence-corrected chi connectivity index (χ3v) is 4.09. The molecule has 0 spiro atoms. The van der Waals surface area contributed by atoms with Gasteiger partial charge in [0.2, 0.25) is 5.91 Å². The van der Waals surface area contributed by atoms with Crippen LogP contribution >= 0.6 is 0 Å². The Kier molecular flexibility index (Phi) is 5.20. The predicted molar refractivity (Wildman–Crippen MR) is 76.3 cm³/mol. The third kappa shape index (κ3) is 4.97. The second-order valence-corrected chi connectivity index (χ2v) is 7.29. The molecule has 0 aliphatic carbocycles. The van der Waals surface area contributed by atoms with E-state index in [1.807, 2.05) is 0 Å². The summed E-state index contributed by atoms with van der Waals surface area (Å²) in [4.78, 5) is 14.3. The fourth-order valence-electron chi connectivity index (χ4n) is 2.76. The summed E-state index contributed by atoms with van der Waals surface area (Å²) in [6, 6.07) is 0. The topological polar surface area (TPSA) is 46.3 Å². The molecule has 0 bridgehead atoms. The molecule has 1 amide bonds. The van der Waals surface area contributed by atoms with E-state index in [1.165, 1.54) is 6.42 Å². The van der Waals surface area contributed by atoms with Gasteiger partial charge in [-0.05, 0) is 43.1 Å². The zero-order chi connectivity index (χ0) is 13.8. The molecule has 106 valence electrons. The van der Waals surface area contributed by atoms with Crippen molar-refractivity contribution in [3.8, 4) is 0 Å². The van der Waals surface area contributed by atoms with Crippen LogP contribution in [0, 0.1) is 10.8 Å². The molecule has 1 heterocycles. The molecule has 1 saturated heterocycles. The molecular formula is C15H30N2O. The number of carbonyl (C=O) groups excluding carboxylic acids is 1. The van der Waals surface area contributed by atoms with E-state index in [1.54, 1.807) is 0 Å². The number of nitrogens with zero attached hydrogens (tertiary/aromatic N) is 1. The van der Waals surface area contributed by atoms with Crippen LogP contribution in [-0.2, 0) is 4.79 Å². The van der Waals surface area contributed by atoms with E-state index in [2.05, 4.69) is 32.6 Å². The number of amides is 1. The molecule has 2 N–H and O–H groups in total. The summed E-state index contributed by atoms with van der Waals surface area (Å²) < 4.78 is 0. The average Bonchev–Trinajstić information content (AvgIpc) is 2.24. The number of hydrogen-bond donors (Lipinski definition) is 1. The van der Waals surface area contributed by atoms with Gasteiger partial charge in [0.05, 0.1) is 0 Å². The lowest BCUT2D eigenvalue weighted by atomic mass is 9.82. The average molecular weight is 254 g/mol. The van der Waals surface area contributed by atoms with E-state index < -0.39 is 0 Å². The van der Waals surface area contributed by atoms with Crippen molar-refractivity contribution >= 4 is 5.91 Å². The first-order chi connectivity index (χ1) is 8.26. The van der Waals surface area contributed by atoms with Crippen molar-refractivity contribution in [2.75, 3.05) is 19.6 Å². The summed E-state index contributed by atoms with van der Waals surface area (Å²) >= 11 is 0. The van der Waals surface area contributed by atoms with Crippen LogP contribution < -0.4 is 5.73 Å². The molecule has 3 heteroatoms. The fourth-order valence-corrected chi connectivity index (χ4v) is 2.76. The summed E-state index contributed by atoms with van der Waals surface area (Å²) in [5, 5.41) is 0. The summed E-state index contributed by atoms with van der Waals surface area (Å²) in [6.07, 6.45) is 4.98. The standard InChI is InChI=1S/C15H30N2O/c1-14(2,9-10-16)8-6-13(18)17-11-5-7-15(3,4)12-17/h5-12,16H2,1-4H3. The van der Waals surface area contributed by atoms with Gasteiger partial charge in [-0.2, -0.15) is 0 Å². The van der Waals surface area contributed by atoms with Crippen molar-refractivity contribution in [1.82, 2.24) is 4.90 Å². The molecular weight excluding hydrogens is 224 g/mol. The number of rotatable bonds is 5. The van der Waals surface area contributed by atoms with Gasteiger partial charge in [-0.15, -0.1) is 0 Å². The third-order valence-electron chi connectivity index (χ3n) is 4.09. The Balaban J connectivity index is 2.41. The molecule has 0 radical (unpaired) electrons. The summed E-state index contributed by atoms with van der Waals surface area (Å²) in [5.41, 5.74) is 6.09. The quantitative estimate of drug-likeness (QED) is 0.820. The highest BCUT2D eigenvalue weighted by Gasteiger charge is 2.29. The molecule has 0 unspecified atom stereocenters. The van der Waals surface area contributed by atoms with Crippen LogP contribution in [0.1, 0.15) is 59.8 Å². The minimum Gasteiger partial charge on any atom is -0.342 e. The fraction of sp³-hybridized carbons (Fsp3) is 0.933. The first-order valence-corrected chi connectivity index (χ1v) is 7.24. The maximum atomic E-state index is 12.2. The first-order valence-electron chi connectivity index (χ1n) is 7.24. The molecule has 18 heavy (non-hydrogen) atoms. The van der Waals surface area contributed by atoms with Crippen molar-refractivity contribution in [3.63, 3.8) is 0 Å². The van der Waals surface area contributed by atoms with Gasteiger partial charge in [0, 0.05) is 19.5 Å². The maximum Gasteiger partial charge on any atom is 0.222 e. The Bertz CT molecular complexity index is 284. The normalized spacial score (nSPS) is 19.9. The van der Waals surface area contributed by atoms with Gasteiger partial charge in [0.15, 0.2) is 0 Å². The summed E-state index contributed by atoms with van der Waals surface area (Å²) in [7, 11) is 0. The van der Waals surface area contributed by atoms with E-state index in [0.29, 0.717) is 24.3 Å². The molecule has 0 aromatic rings. The lowest BCUT2D eigenvalue weighted by Gasteiger charge is -2.38. The Morgan fingerprint density at radius 2 is 2.00 bits per heavy atom. The van der Waals surface area contributed by atoms with Crippen molar-refractivity contribution in [2.24, 2.45) is 16.6 Å². The largest absolute Gasteiger partial charge is 0.342 e. The molecule has 0 aromatic heterocycles. The molecule has 0 saturated carbocycles. The molecule has 0 atom stereocenters. The minimum atomic E-state index is 0.190. The lowest BCUT2D eigenvalue weighted by molar-refractivity contribution is -0.134. The Morgan fingerprint density at radius 3 is 2.56 bits per heavy atom. The van der Waals surface area contributed by atoms with Gasteiger partial charge < -0.3 is 10.6 Å². The smallest absolute Gasteiger partial charge is 0.222 e. The van der Waals surface area contributed by atoms with E-state index >= 15 is 0 Å². The number of carbonyl (C=O) groups is 1. The van der Waals surface area contributed by atoms with Gasteiger partial charge in [-0.1, -0.05) is 27.7 Å². The van der Waals surface area contributed by atoms with Crippen LogP contribution in [0.3, 0.4) is 0 Å². The van der Waals surface area contributed by atoms with Crippen LogP contribution in [0.5, 0.6) is 0 Å². The van der Waals surface area contributed by atoms with Crippen molar-refractivity contribution < 1.29 is 4.79 Å². The van der Waals surface area contributed by atoms with Gasteiger partial charge in [-0.3, -0.25) is 4.79 Å². The summed E-state index contributed by atoms with van der Waals surface area (Å²) in [6.45, 7) is 11.5. The molecule has 0 aromatic carbocycles. The highest BCUT2D eigenvalue weighted by Crippen LogP contribution is 2.30. The zero-order valence-corrected chi connectivity index (χ0v) is 12.6. The van der Waals surface area contributed by atoms with E-state index in [4.69, 9.17) is 5.73 Å². The molecule has 1 rings (SSSR count). The Labute approximate surface area is 112 Å². The highest BCUT2D eigenvalue weighted by molar-refractivity contribution is 5.76. The number of nitrogens with two attached hydrogens (primary N) is 1. The zero-order valence-electron chi connectivity index (χ0n) is 12.6. The van der Waals surface area contributed by atoms with E-state index in [0.717, 1.165) is 32.4 Å². The van der Waals surface area contributed by atoms with Gasteiger partial charge in [0.25, 0.3) is 0 Å². The monoisotopic (exact) mass is 254 g/mol. The number of likely N-dealkylation sites (tertiary alicyclic amines) is 1. The van der Waals surface area contributed by atoms with E-state index in [9.17, 15) is 4.79 Å². The second kappa shape index (κ2) is 6.05. The Morgan fingerprint density at radius 1 is 1.33 bits per heavy atom. The first kappa shape index (κ1) is 15.5. The van der Waals surface area contributed by atoms with Gasteiger partial charge >= 0.3 is 0 Å². The van der Waals surface area contributed by atoms with Crippen LogP contribution in [0.25, 0.3) is 0 Å². The number of hydrogen-bond acceptors (Lipinski definition) is 2. The lowest BCUT2D eigenvalue weighted by Crippen LogP contribution is -2.43. The molecule has 1 aliphatic heterocycles. The SMILES string of the molecule is CC(C)(CCN)CCC(=O)N1CCCC(C)(C)C1. The molecule has 3 nitrogen and oxygen atoms in total. The van der Waals surface area contributed by atoms with Crippen LogP contribution in [-0.4, -0.2) is 30.4 Å². The van der Waals surface area contributed by atoms with Crippen molar-refractivity contribution in [3.05, 3.63) is 0 Å². The maximum absolute atomic E-state index is 12.2. The Hall–Kier alpha value is -0.570.